The molecule has 60 valence electrons. The van der Waals surface area contributed by atoms with Crippen molar-refractivity contribution in [2.45, 2.75) is 6.61 Å². The molecule has 0 heterocycles. The lowest BCUT2D eigenvalue weighted by Crippen LogP contribution is -2.33. The van der Waals surface area contributed by atoms with Crippen LogP contribution in [0.1, 0.15) is 5.56 Å². The predicted molar refractivity (Wildman–Crippen MR) is 31.2 cm³/mol. The summed E-state index contributed by atoms with van der Waals surface area (Å²) in [6, 6.07) is 9.16. The first-order chi connectivity index (χ1) is 5.29. The van der Waals surface area contributed by atoms with Gasteiger partial charge in [0.15, 0.2) is 6.61 Å². The Balaban J connectivity index is 2.39. The van der Waals surface area contributed by atoms with Gasteiger partial charge in [0.25, 0.3) is 0 Å². The Morgan fingerprint density at radius 3 is 2.36 bits per heavy atom. The number of hydrogen-bond acceptors (Lipinski definition) is 3. The molecule has 0 atom stereocenters. The molecule has 0 fully saturated rings. The maximum absolute atomic E-state index is 10.0. The minimum absolute atomic E-state index is 0.142. The van der Waals surface area contributed by atoms with Crippen LogP contribution in [-0.2, 0) is 10.4 Å². The van der Waals surface area contributed by atoms with Crippen LogP contribution in [0.4, 0.5) is 0 Å². The zero-order valence-electron chi connectivity index (χ0n) is 5.70. The molecule has 0 bridgehead atoms. The molecule has 1 rings (SSSR count). The third kappa shape index (κ3) is 3.48. The van der Waals surface area contributed by atoms with Gasteiger partial charge in [-0.15, -0.1) is 0 Å². The van der Waals surface area contributed by atoms with E-state index in [1.165, 1.54) is 0 Å². The lowest BCUT2D eigenvalue weighted by atomic mass is 10.2. The third-order valence-electron chi connectivity index (χ3n) is 1.15. The molecule has 0 N–H and O–H groups in total. The zero-order chi connectivity index (χ0) is 8.10. The smallest absolute Gasteiger partial charge is 0.372 e. The number of hydrogen-bond donors (Lipinski definition) is 0. The normalized spacial score (nSPS) is 10.5. The number of halogens is 1. The minimum atomic E-state index is -3.05. The summed E-state index contributed by atoms with van der Waals surface area (Å²) in [4.78, 5) is 0. The molecule has 0 aliphatic carbocycles. The number of rotatable bonds is 3. The van der Waals surface area contributed by atoms with Crippen molar-refractivity contribution in [3.63, 3.8) is 0 Å². The lowest BCUT2D eigenvalue weighted by molar-refractivity contribution is -1.63. The second-order valence-electron chi connectivity index (χ2n) is 1.93. The maximum Gasteiger partial charge on any atom is 0.436 e. The summed E-state index contributed by atoms with van der Waals surface area (Å²) in [6.45, 7) is 0.142. The van der Waals surface area contributed by atoms with Gasteiger partial charge in [-0.05, 0) is 9.39 Å². The molecule has 1 aromatic rings. The molecule has 0 aromatic heterocycles. The predicted octanol–water partition coefficient (Wildman–Crippen LogP) is -0.711. The second-order valence-corrected chi connectivity index (χ2v) is 3.18. The van der Waals surface area contributed by atoms with Crippen LogP contribution in [0.2, 0.25) is 0 Å². The van der Waals surface area contributed by atoms with E-state index in [4.69, 9.17) is 0 Å². The van der Waals surface area contributed by atoms with Crippen molar-refractivity contribution < 1.29 is 27.0 Å². The average Bonchev–Trinajstić information content (AvgIpc) is 2.03. The third-order valence-corrected chi connectivity index (χ3v) is 1.76. The fourth-order valence-electron chi connectivity index (χ4n) is 0.682. The van der Waals surface area contributed by atoms with Crippen molar-refractivity contribution in [2.24, 2.45) is 0 Å². The Kier molecular flexibility index (Phi) is 3.51. The van der Waals surface area contributed by atoms with Crippen molar-refractivity contribution >= 4 is 0 Å². The number of benzene rings is 1. The Labute approximate surface area is 70.1 Å². The summed E-state index contributed by atoms with van der Waals surface area (Å²) < 4.78 is 24.5. The monoisotopic (exact) mass is 218 g/mol. The van der Waals surface area contributed by atoms with Gasteiger partial charge in [-0.3, -0.25) is 0 Å². The standard InChI is InChI=1S/C7H7BrO3/c9-8(10)11-6-7-4-2-1-3-5-7/h1-5H,6H2. The van der Waals surface area contributed by atoms with E-state index in [2.05, 4.69) is 3.83 Å². The molecular weight excluding hydrogens is 212 g/mol. The van der Waals surface area contributed by atoms with E-state index in [-0.39, 0.29) is 6.61 Å². The van der Waals surface area contributed by atoms with Crippen LogP contribution in [-0.4, -0.2) is 0 Å². The van der Waals surface area contributed by atoms with Crippen LogP contribution in [0.3, 0.4) is 0 Å². The van der Waals surface area contributed by atoms with E-state index in [1.807, 2.05) is 30.3 Å². The first-order valence-electron chi connectivity index (χ1n) is 3.02. The fourth-order valence-corrected chi connectivity index (χ4v) is 1.13. The molecule has 11 heavy (non-hydrogen) atoms. The van der Waals surface area contributed by atoms with Crippen molar-refractivity contribution in [1.82, 2.24) is 0 Å². The van der Waals surface area contributed by atoms with E-state index in [9.17, 15) is 8.40 Å². The molecular formula is C7H7BrO3. The molecule has 0 spiro atoms. The summed E-state index contributed by atoms with van der Waals surface area (Å²) in [5.74, 6) is 0. The molecule has 3 nitrogen and oxygen atoms in total. The molecule has 0 aliphatic rings. The van der Waals surface area contributed by atoms with Crippen LogP contribution >= 0.6 is 0 Å². The molecule has 0 amide bonds. The Hall–Kier alpha value is -0.420. The zero-order valence-corrected chi connectivity index (χ0v) is 7.28. The summed E-state index contributed by atoms with van der Waals surface area (Å²) in [7, 11) is 0. The van der Waals surface area contributed by atoms with Gasteiger partial charge in [-0.2, -0.15) is 0 Å². The highest BCUT2D eigenvalue weighted by Crippen LogP contribution is 2.00. The molecule has 0 saturated heterocycles. The van der Waals surface area contributed by atoms with Gasteiger partial charge in [-0.25, -0.2) is 0 Å². The molecule has 0 radical (unpaired) electrons. The Morgan fingerprint density at radius 2 is 1.82 bits per heavy atom. The van der Waals surface area contributed by atoms with E-state index in [0.717, 1.165) is 5.56 Å². The molecule has 1 aromatic carbocycles. The summed E-state index contributed by atoms with van der Waals surface area (Å²) in [5, 5.41) is 0. The quantitative estimate of drug-likeness (QED) is 0.674. The van der Waals surface area contributed by atoms with Crippen LogP contribution in [0, 0.1) is 14.8 Å². The molecule has 4 heteroatoms. The van der Waals surface area contributed by atoms with Crippen molar-refractivity contribution in [2.75, 3.05) is 0 Å². The van der Waals surface area contributed by atoms with Gasteiger partial charge in [0.2, 0.25) is 0 Å². The SMILES string of the molecule is [O-][Br+2]([O-])OCc1ccccc1. The van der Waals surface area contributed by atoms with Crippen LogP contribution in [0.5, 0.6) is 0 Å². The Morgan fingerprint density at radius 1 is 1.18 bits per heavy atom. The molecule has 0 aliphatic heterocycles. The highest BCUT2D eigenvalue weighted by molar-refractivity contribution is 5.13. The van der Waals surface area contributed by atoms with Gasteiger partial charge < -0.3 is 8.40 Å². The first kappa shape index (κ1) is 8.67. The van der Waals surface area contributed by atoms with Crippen molar-refractivity contribution in [1.29, 1.82) is 0 Å². The first-order valence-corrected chi connectivity index (χ1v) is 4.96. The van der Waals surface area contributed by atoms with Gasteiger partial charge >= 0.3 is 14.8 Å². The van der Waals surface area contributed by atoms with Gasteiger partial charge in [0, 0.05) is 0 Å². The van der Waals surface area contributed by atoms with Gasteiger partial charge in [0.1, 0.15) is 0 Å². The fraction of sp³-hybridized carbons (Fsp3) is 0.143. The van der Waals surface area contributed by atoms with E-state index in [0.29, 0.717) is 0 Å². The Bertz CT molecular complexity index is 200. The highest BCUT2D eigenvalue weighted by Gasteiger charge is 2.08. The van der Waals surface area contributed by atoms with Crippen molar-refractivity contribution in [3.05, 3.63) is 35.9 Å². The van der Waals surface area contributed by atoms with Crippen LogP contribution < -0.4 is 8.40 Å². The second kappa shape index (κ2) is 4.46. The van der Waals surface area contributed by atoms with E-state index >= 15 is 0 Å². The highest BCUT2D eigenvalue weighted by atomic mass is 80.0. The molecule has 0 saturated carbocycles. The summed E-state index contributed by atoms with van der Waals surface area (Å²) >= 11 is -3.05. The van der Waals surface area contributed by atoms with Gasteiger partial charge in [0.05, 0.1) is 0 Å². The van der Waals surface area contributed by atoms with E-state index < -0.39 is 14.8 Å². The van der Waals surface area contributed by atoms with Crippen LogP contribution in [0.15, 0.2) is 30.3 Å². The largest absolute Gasteiger partial charge is 0.436 e. The lowest BCUT2D eigenvalue weighted by Gasteiger charge is -1.93. The van der Waals surface area contributed by atoms with Gasteiger partial charge in [-0.1, -0.05) is 30.3 Å². The average molecular weight is 219 g/mol. The topological polar surface area (TPSA) is 55.3 Å². The summed E-state index contributed by atoms with van der Waals surface area (Å²) in [6.07, 6.45) is 0. The van der Waals surface area contributed by atoms with Crippen LogP contribution in [0.25, 0.3) is 0 Å². The minimum Gasteiger partial charge on any atom is -0.372 e. The maximum atomic E-state index is 10.0. The molecule has 0 unspecified atom stereocenters. The van der Waals surface area contributed by atoms with E-state index in [1.54, 1.807) is 0 Å². The van der Waals surface area contributed by atoms with Crippen molar-refractivity contribution in [3.8, 4) is 0 Å². The summed E-state index contributed by atoms with van der Waals surface area (Å²) in [5.41, 5.74) is 0.863.